The molecule has 1 aliphatic heterocycles. The molecule has 0 aliphatic carbocycles. The van der Waals surface area contributed by atoms with Gasteiger partial charge in [0.05, 0.1) is 11.2 Å². The highest BCUT2D eigenvalue weighted by atomic mass is 16.7. The average Bonchev–Trinajstić information content (AvgIpc) is 2.78. The fraction of sp³-hybridized carbons (Fsp3) is 0.308. The first-order chi connectivity index (χ1) is 9.20. The van der Waals surface area contributed by atoms with Gasteiger partial charge in [0, 0.05) is 32.5 Å². The molecule has 1 aromatic heterocycles. The third-order valence-corrected chi connectivity index (χ3v) is 3.06. The van der Waals surface area contributed by atoms with Crippen molar-refractivity contribution >= 4 is 22.8 Å². The summed E-state index contributed by atoms with van der Waals surface area (Å²) in [6.45, 7) is 2.04. The highest BCUT2D eigenvalue weighted by molar-refractivity contribution is 6.10. The molecule has 0 amide bonds. The molecule has 0 spiro atoms. The third-order valence-electron chi connectivity index (χ3n) is 3.06. The Labute approximate surface area is 109 Å². The molecular weight excluding hydrogens is 246 g/mol. The first kappa shape index (κ1) is 11.7. The maximum absolute atomic E-state index is 10.9. The number of para-hydroxylation sites is 1. The first-order valence-electron chi connectivity index (χ1n) is 6.00. The van der Waals surface area contributed by atoms with E-state index in [1.165, 1.54) is 6.92 Å². The van der Waals surface area contributed by atoms with Gasteiger partial charge in [-0.2, -0.15) is 0 Å². The lowest BCUT2D eigenvalue weighted by atomic mass is 10.0. The summed E-state index contributed by atoms with van der Waals surface area (Å²) in [5.41, 5.74) is 3.97. The summed E-state index contributed by atoms with van der Waals surface area (Å²) in [7, 11) is 1.70. The number of hydrogen-bond acceptors (Lipinski definition) is 5. The molecule has 0 radical (unpaired) electrons. The summed E-state index contributed by atoms with van der Waals surface area (Å²) in [4.78, 5) is 19.7. The third kappa shape index (κ3) is 1.85. The van der Waals surface area contributed by atoms with E-state index < -0.39 is 5.97 Å². The molecule has 3 rings (SSSR count). The molecule has 19 heavy (non-hydrogen) atoms. The lowest BCUT2D eigenvalue weighted by Gasteiger charge is -2.15. The van der Waals surface area contributed by atoms with Crippen LogP contribution < -0.4 is 5.68 Å². The molecule has 0 saturated carbocycles. The van der Waals surface area contributed by atoms with E-state index in [2.05, 4.69) is 10.1 Å². The summed E-state index contributed by atoms with van der Waals surface area (Å²) in [6, 6.07) is 5.72. The fourth-order valence-electron chi connectivity index (χ4n) is 2.31. The average molecular weight is 259 g/mol. The fourth-order valence-corrected chi connectivity index (χ4v) is 2.31. The number of hydrogen-bond donors (Lipinski definition) is 0. The molecule has 98 valence electrons. The number of oxazole rings is 1. The van der Waals surface area contributed by atoms with Crippen molar-refractivity contribution in [2.75, 3.05) is 7.05 Å². The van der Waals surface area contributed by atoms with Gasteiger partial charge in [-0.3, -0.25) is 4.57 Å². The molecule has 0 atom stereocenters. The zero-order chi connectivity index (χ0) is 13.4. The predicted octanol–water partition coefficient (Wildman–Crippen LogP) is 1.44. The monoisotopic (exact) mass is 259 g/mol. The summed E-state index contributed by atoms with van der Waals surface area (Å²) in [5, 5.41) is 3.92. The number of rotatable bonds is 1. The molecule has 0 fully saturated rings. The number of aromatic nitrogens is 1. The lowest BCUT2D eigenvalue weighted by Crippen LogP contribution is -2.23. The molecule has 6 nitrogen and oxygen atoms in total. The zero-order valence-corrected chi connectivity index (χ0v) is 10.7. The van der Waals surface area contributed by atoms with E-state index in [0.29, 0.717) is 18.7 Å². The first-order valence-corrected chi connectivity index (χ1v) is 6.00. The lowest BCUT2D eigenvalue weighted by molar-refractivity contribution is -0.140. The Morgan fingerprint density at radius 3 is 3.05 bits per heavy atom. The Morgan fingerprint density at radius 2 is 2.32 bits per heavy atom. The summed E-state index contributed by atoms with van der Waals surface area (Å²) < 4.78 is 7.68. The van der Waals surface area contributed by atoms with Crippen molar-refractivity contribution in [1.82, 2.24) is 4.57 Å². The molecular formula is C13H13N3O3. The Bertz CT molecular complexity index is 752. The van der Waals surface area contributed by atoms with Crippen molar-refractivity contribution in [2.24, 2.45) is 10.1 Å². The summed E-state index contributed by atoms with van der Waals surface area (Å²) in [6.07, 6.45) is 0.673. The van der Waals surface area contributed by atoms with E-state index in [1.807, 2.05) is 22.8 Å². The van der Waals surface area contributed by atoms with Gasteiger partial charge >= 0.3 is 5.97 Å². The van der Waals surface area contributed by atoms with Crippen molar-refractivity contribution in [1.29, 1.82) is 0 Å². The largest absolute Gasteiger partial charge is 0.423 e. The quantitative estimate of drug-likeness (QED) is 0.574. The van der Waals surface area contributed by atoms with Crippen LogP contribution >= 0.6 is 0 Å². The predicted molar refractivity (Wildman–Crippen MR) is 68.6 cm³/mol. The van der Waals surface area contributed by atoms with E-state index in [0.717, 1.165) is 22.4 Å². The summed E-state index contributed by atoms with van der Waals surface area (Å²) >= 11 is 0. The van der Waals surface area contributed by atoms with Gasteiger partial charge in [-0.1, -0.05) is 17.3 Å². The van der Waals surface area contributed by atoms with Gasteiger partial charge in [-0.15, -0.1) is 0 Å². The molecule has 2 aromatic rings. The SMILES string of the molecule is C/N=c1\oc2cccc3c2n1CC/C3=N\OC(C)=O. The molecule has 0 saturated heterocycles. The van der Waals surface area contributed by atoms with Crippen LogP contribution in [0.4, 0.5) is 0 Å². The van der Waals surface area contributed by atoms with Gasteiger partial charge in [0.25, 0.3) is 5.68 Å². The van der Waals surface area contributed by atoms with E-state index in [4.69, 9.17) is 9.25 Å². The van der Waals surface area contributed by atoms with Crippen LogP contribution in [0.1, 0.15) is 18.9 Å². The Kier molecular flexibility index (Phi) is 2.70. The normalized spacial score (nSPS) is 17.2. The van der Waals surface area contributed by atoms with Crippen LogP contribution in [0.25, 0.3) is 11.1 Å². The van der Waals surface area contributed by atoms with Crippen molar-refractivity contribution in [3.63, 3.8) is 0 Å². The molecule has 0 N–H and O–H groups in total. The minimum Gasteiger partial charge on any atom is -0.423 e. The standard InChI is InChI=1S/C13H13N3O3/c1-8(17)19-15-10-6-7-16-12-9(10)4-3-5-11(12)18-13(16)14-2/h3-5H,6-7H2,1-2H3/b14-13-,15-10+. The number of carbonyl (C=O) groups excluding carboxylic acids is 1. The minimum absolute atomic E-state index is 0.422. The number of nitrogens with zero attached hydrogens (tertiary/aromatic N) is 3. The number of oxime groups is 1. The van der Waals surface area contributed by atoms with Gasteiger partial charge in [-0.25, -0.2) is 9.79 Å². The van der Waals surface area contributed by atoms with E-state index >= 15 is 0 Å². The number of carbonyl (C=O) groups is 1. The smallest absolute Gasteiger partial charge is 0.331 e. The van der Waals surface area contributed by atoms with Gasteiger partial charge in [0.1, 0.15) is 0 Å². The van der Waals surface area contributed by atoms with Crippen LogP contribution in [-0.2, 0) is 16.2 Å². The van der Waals surface area contributed by atoms with Crippen LogP contribution in [0.3, 0.4) is 0 Å². The zero-order valence-electron chi connectivity index (χ0n) is 10.7. The van der Waals surface area contributed by atoms with Crippen molar-refractivity contribution in [2.45, 2.75) is 19.9 Å². The van der Waals surface area contributed by atoms with Gasteiger partial charge in [0.2, 0.25) is 0 Å². The van der Waals surface area contributed by atoms with Crippen molar-refractivity contribution in [3.05, 3.63) is 29.4 Å². The number of benzene rings is 1. The van der Waals surface area contributed by atoms with Crippen LogP contribution in [-0.4, -0.2) is 23.3 Å². The molecule has 6 heteroatoms. The maximum Gasteiger partial charge on any atom is 0.331 e. The Hall–Kier alpha value is -2.37. The summed E-state index contributed by atoms with van der Waals surface area (Å²) in [5.74, 6) is -0.422. The molecule has 2 heterocycles. The van der Waals surface area contributed by atoms with E-state index in [1.54, 1.807) is 7.05 Å². The van der Waals surface area contributed by atoms with Crippen molar-refractivity contribution in [3.8, 4) is 0 Å². The second kappa shape index (κ2) is 4.38. The molecule has 0 unspecified atom stereocenters. The van der Waals surface area contributed by atoms with Gasteiger partial charge in [0.15, 0.2) is 5.58 Å². The molecule has 1 aliphatic rings. The Morgan fingerprint density at radius 1 is 1.47 bits per heavy atom. The van der Waals surface area contributed by atoms with Gasteiger partial charge < -0.3 is 9.25 Å². The van der Waals surface area contributed by atoms with Crippen LogP contribution in [0.5, 0.6) is 0 Å². The Balaban J connectivity index is 2.23. The van der Waals surface area contributed by atoms with E-state index in [9.17, 15) is 4.79 Å². The van der Waals surface area contributed by atoms with Gasteiger partial charge in [-0.05, 0) is 6.07 Å². The number of aryl methyl sites for hydroxylation is 1. The molecule has 0 bridgehead atoms. The topological polar surface area (TPSA) is 69.1 Å². The van der Waals surface area contributed by atoms with Crippen LogP contribution in [0, 0.1) is 0 Å². The second-order valence-corrected chi connectivity index (χ2v) is 4.28. The molecule has 1 aromatic carbocycles. The van der Waals surface area contributed by atoms with E-state index in [-0.39, 0.29) is 0 Å². The second-order valence-electron chi connectivity index (χ2n) is 4.28. The highest BCUT2D eigenvalue weighted by Gasteiger charge is 2.21. The highest BCUT2D eigenvalue weighted by Crippen LogP contribution is 2.24. The minimum atomic E-state index is -0.422. The van der Waals surface area contributed by atoms with Crippen LogP contribution in [0.15, 0.2) is 32.8 Å². The van der Waals surface area contributed by atoms with Crippen molar-refractivity contribution < 1.29 is 14.0 Å². The van der Waals surface area contributed by atoms with Crippen LogP contribution in [0.2, 0.25) is 0 Å². The maximum atomic E-state index is 10.9.